The van der Waals surface area contributed by atoms with E-state index in [9.17, 15) is 0 Å². The molecule has 0 radical (unpaired) electrons. The van der Waals surface area contributed by atoms with Crippen LogP contribution in [0.5, 0.6) is 0 Å². The number of para-hydroxylation sites is 1. The van der Waals surface area contributed by atoms with Gasteiger partial charge < -0.3 is 10.6 Å². The molecule has 1 aromatic carbocycles. The van der Waals surface area contributed by atoms with Gasteiger partial charge in [-0.1, -0.05) is 17.7 Å². The summed E-state index contributed by atoms with van der Waals surface area (Å²) in [5, 5.41) is 0.641. The zero-order chi connectivity index (χ0) is 11.0. The maximum absolute atomic E-state index is 6.01. The van der Waals surface area contributed by atoms with Crippen LogP contribution in [-0.2, 0) is 0 Å². The lowest BCUT2D eigenvalue weighted by Crippen LogP contribution is -2.31. The molecule has 1 aliphatic rings. The van der Waals surface area contributed by atoms with Gasteiger partial charge in [-0.2, -0.15) is 0 Å². The Morgan fingerprint density at radius 1 is 1.47 bits per heavy atom. The van der Waals surface area contributed by atoms with Crippen LogP contribution in [0.25, 0.3) is 0 Å². The maximum Gasteiger partial charge on any atom is 0.0741 e. The Balaban J connectivity index is 2.24. The first kappa shape index (κ1) is 10.6. The molecule has 0 aliphatic heterocycles. The van der Waals surface area contributed by atoms with Gasteiger partial charge in [0.05, 0.1) is 16.4 Å². The summed E-state index contributed by atoms with van der Waals surface area (Å²) in [5.74, 6) is 0.827. The molecule has 3 heteroatoms. The van der Waals surface area contributed by atoms with Crippen LogP contribution in [0.4, 0.5) is 11.4 Å². The first-order valence-corrected chi connectivity index (χ1v) is 5.76. The molecule has 15 heavy (non-hydrogen) atoms. The van der Waals surface area contributed by atoms with Crippen molar-refractivity contribution in [2.45, 2.75) is 25.8 Å². The van der Waals surface area contributed by atoms with Crippen molar-refractivity contribution in [3.8, 4) is 0 Å². The monoisotopic (exact) mass is 224 g/mol. The number of hydrogen-bond donors (Lipinski definition) is 1. The minimum atomic E-state index is 0.547. The minimum Gasteiger partial charge on any atom is -0.396 e. The Morgan fingerprint density at radius 2 is 2.13 bits per heavy atom. The summed E-state index contributed by atoms with van der Waals surface area (Å²) in [6.45, 7) is 2.25. The lowest BCUT2D eigenvalue weighted by Gasteiger charge is -2.28. The highest BCUT2D eigenvalue weighted by molar-refractivity contribution is 6.33. The average Bonchev–Trinajstić information content (AvgIpc) is 3.03. The van der Waals surface area contributed by atoms with E-state index in [4.69, 9.17) is 17.3 Å². The topological polar surface area (TPSA) is 29.3 Å². The second-order valence-electron chi connectivity index (χ2n) is 4.36. The Kier molecular flexibility index (Phi) is 2.79. The number of benzene rings is 1. The second-order valence-corrected chi connectivity index (χ2v) is 4.77. The van der Waals surface area contributed by atoms with Crippen LogP contribution >= 0.6 is 11.6 Å². The predicted octanol–water partition coefficient (Wildman–Crippen LogP) is 3.16. The van der Waals surface area contributed by atoms with Gasteiger partial charge in [-0.25, -0.2) is 0 Å². The van der Waals surface area contributed by atoms with Crippen LogP contribution < -0.4 is 10.6 Å². The third kappa shape index (κ3) is 2.05. The zero-order valence-electron chi connectivity index (χ0n) is 9.20. The van der Waals surface area contributed by atoms with Gasteiger partial charge in [0.2, 0.25) is 0 Å². The lowest BCUT2D eigenvalue weighted by atomic mass is 10.1. The molecule has 1 saturated carbocycles. The summed E-state index contributed by atoms with van der Waals surface area (Å²) in [6.07, 6.45) is 2.68. The average molecular weight is 225 g/mol. The molecule has 0 aromatic heterocycles. The summed E-state index contributed by atoms with van der Waals surface area (Å²) in [5.41, 5.74) is 7.70. The Bertz CT molecular complexity index is 361. The number of rotatable bonds is 3. The maximum atomic E-state index is 6.01. The molecule has 2 rings (SSSR count). The van der Waals surface area contributed by atoms with Crippen molar-refractivity contribution < 1.29 is 0 Å². The van der Waals surface area contributed by atoms with E-state index in [0.717, 1.165) is 11.6 Å². The standard InChI is InChI=1S/C12H17ClN2/c1-8(9-6-7-9)15(2)11-5-3-4-10(13)12(11)14/h3-5,8-9H,6-7,14H2,1-2H3. The SMILES string of the molecule is CC(C1CC1)N(C)c1cccc(Cl)c1N. The second kappa shape index (κ2) is 3.93. The first-order valence-electron chi connectivity index (χ1n) is 5.38. The van der Waals surface area contributed by atoms with Crippen molar-refractivity contribution >= 4 is 23.0 Å². The quantitative estimate of drug-likeness (QED) is 0.800. The van der Waals surface area contributed by atoms with Crippen LogP contribution in [0.1, 0.15) is 19.8 Å². The van der Waals surface area contributed by atoms with Gasteiger partial charge >= 0.3 is 0 Å². The highest BCUT2D eigenvalue weighted by Crippen LogP contribution is 2.38. The molecule has 82 valence electrons. The number of nitrogens with zero attached hydrogens (tertiary/aromatic N) is 1. The molecule has 1 aliphatic carbocycles. The smallest absolute Gasteiger partial charge is 0.0741 e. The van der Waals surface area contributed by atoms with E-state index in [1.807, 2.05) is 18.2 Å². The van der Waals surface area contributed by atoms with Crippen molar-refractivity contribution in [2.24, 2.45) is 5.92 Å². The van der Waals surface area contributed by atoms with Crippen LogP contribution in [-0.4, -0.2) is 13.1 Å². The van der Waals surface area contributed by atoms with Gasteiger partial charge in [-0.3, -0.25) is 0 Å². The molecule has 1 aromatic rings. The molecular formula is C12H17ClN2. The molecule has 0 heterocycles. The third-order valence-electron chi connectivity index (χ3n) is 3.33. The Morgan fingerprint density at radius 3 is 2.73 bits per heavy atom. The fourth-order valence-electron chi connectivity index (χ4n) is 1.95. The van der Waals surface area contributed by atoms with Crippen LogP contribution in [0, 0.1) is 5.92 Å². The van der Waals surface area contributed by atoms with Gasteiger partial charge in [0.25, 0.3) is 0 Å². The van der Waals surface area contributed by atoms with Gasteiger partial charge in [-0.15, -0.1) is 0 Å². The van der Waals surface area contributed by atoms with Crippen molar-refractivity contribution in [1.29, 1.82) is 0 Å². The van der Waals surface area contributed by atoms with E-state index in [1.165, 1.54) is 12.8 Å². The van der Waals surface area contributed by atoms with Gasteiger partial charge in [0, 0.05) is 13.1 Å². The Labute approximate surface area is 96.0 Å². The highest BCUT2D eigenvalue weighted by Gasteiger charge is 2.31. The van der Waals surface area contributed by atoms with Crippen molar-refractivity contribution in [3.63, 3.8) is 0 Å². The van der Waals surface area contributed by atoms with Gasteiger partial charge in [-0.05, 0) is 37.8 Å². The molecule has 0 amide bonds. The van der Waals surface area contributed by atoms with Crippen molar-refractivity contribution in [2.75, 3.05) is 17.7 Å². The van der Waals surface area contributed by atoms with E-state index in [0.29, 0.717) is 16.8 Å². The van der Waals surface area contributed by atoms with E-state index in [-0.39, 0.29) is 0 Å². The van der Waals surface area contributed by atoms with E-state index < -0.39 is 0 Å². The normalized spacial score (nSPS) is 17.5. The molecule has 0 spiro atoms. The van der Waals surface area contributed by atoms with Crippen LogP contribution in [0.3, 0.4) is 0 Å². The number of hydrogen-bond acceptors (Lipinski definition) is 2. The molecule has 2 N–H and O–H groups in total. The molecule has 1 unspecified atom stereocenters. The fraction of sp³-hybridized carbons (Fsp3) is 0.500. The highest BCUT2D eigenvalue weighted by atomic mass is 35.5. The summed E-state index contributed by atoms with van der Waals surface area (Å²) in [4.78, 5) is 2.24. The molecule has 2 nitrogen and oxygen atoms in total. The minimum absolute atomic E-state index is 0.547. The largest absolute Gasteiger partial charge is 0.396 e. The van der Waals surface area contributed by atoms with Crippen molar-refractivity contribution in [1.82, 2.24) is 0 Å². The van der Waals surface area contributed by atoms with Crippen LogP contribution in [0.2, 0.25) is 5.02 Å². The summed E-state index contributed by atoms with van der Waals surface area (Å²) in [7, 11) is 2.09. The fourth-order valence-corrected chi connectivity index (χ4v) is 2.12. The molecule has 0 saturated heterocycles. The van der Waals surface area contributed by atoms with Gasteiger partial charge in [0.15, 0.2) is 0 Å². The molecule has 1 atom stereocenters. The summed E-state index contributed by atoms with van der Waals surface area (Å²) >= 11 is 6.01. The van der Waals surface area contributed by atoms with E-state index in [1.54, 1.807) is 0 Å². The molecule has 1 fully saturated rings. The summed E-state index contributed by atoms with van der Waals surface area (Å²) in [6, 6.07) is 6.35. The number of halogens is 1. The number of nitrogen functional groups attached to an aromatic ring is 1. The third-order valence-corrected chi connectivity index (χ3v) is 3.65. The molecular weight excluding hydrogens is 208 g/mol. The Hall–Kier alpha value is -0.890. The number of anilines is 2. The zero-order valence-corrected chi connectivity index (χ0v) is 9.96. The predicted molar refractivity (Wildman–Crippen MR) is 66.5 cm³/mol. The van der Waals surface area contributed by atoms with Crippen molar-refractivity contribution in [3.05, 3.63) is 23.2 Å². The summed E-state index contributed by atoms with van der Waals surface area (Å²) < 4.78 is 0. The van der Waals surface area contributed by atoms with E-state index >= 15 is 0 Å². The first-order chi connectivity index (χ1) is 7.11. The van der Waals surface area contributed by atoms with E-state index in [2.05, 4.69) is 18.9 Å². The van der Waals surface area contributed by atoms with Gasteiger partial charge in [0.1, 0.15) is 0 Å². The van der Waals surface area contributed by atoms with Crippen LogP contribution in [0.15, 0.2) is 18.2 Å². The lowest BCUT2D eigenvalue weighted by molar-refractivity contribution is 0.610. The number of nitrogens with two attached hydrogens (primary N) is 1. The molecule has 0 bridgehead atoms.